The molecule has 3 rings (SSSR count). The molecule has 0 radical (unpaired) electrons. The number of ketones is 1. The van der Waals surface area contributed by atoms with Crippen LogP contribution < -0.4 is 0 Å². The van der Waals surface area contributed by atoms with Gasteiger partial charge in [0.1, 0.15) is 0 Å². The third-order valence-electron chi connectivity index (χ3n) is 4.05. The normalized spacial score (nSPS) is 21.6. The largest absolute Gasteiger partial charge is 0.378 e. The van der Waals surface area contributed by atoms with Gasteiger partial charge in [-0.3, -0.25) is 9.78 Å². The van der Waals surface area contributed by atoms with E-state index in [1.165, 1.54) is 0 Å². The lowest BCUT2D eigenvalue weighted by Crippen LogP contribution is -2.32. The minimum atomic E-state index is 0.226. The van der Waals surface area contributed by atoms with Gasteiger partial charge in [0, 0.05) is 36.4 Å². The second kappa shape index (κ2) is 5.71. The Morgan fingerprint density at radius 1 is 1.35 bits per heavy atom. The SMILES string of the molecule is CCOC1CC(CC(=O)c2cccc3ccncc23)C1. The standard InChI is InChI=1S/C17H19NO2/c1-2-20-14-8-12(9-14)10-17(19)15-5-3-4-13-6-7-18-11-16(13)15/h3-7,11-12,14H,2,8-10H2,1H3. The van der Waals surface area contributed by atoms with Gasteiger partial charge < -0.3 is 4.74 Å². The van der Waals surface area contributed by atoms with Crippen molar-refractivity contribution in [1.29, 1.82) is 0 Å². The first-order chi connectivity index (χ1) is 9.78. The topological polar surface area (TPSA) is 39.2 Å². The van der Waals surface area contributed by atoms with E-state index >= 15 is 0 Å². The van der Waals surface area contributed by atoms with Gasteiger partial charge in [-0.15, -0.1) is 0 Å². The molecule has 0 bridgehead atoms. The molecular formula is C17H19NO2. The number of Topliss-reactive ketones (excluding diaryl/α,β-unsaturated/α-hetero) is 1. The van der Waals surface area contributed by atoms with Crippen LogP contribution in [0.15, 0.2) is 36.7 Å². The number of aromatic nitrogens is 1. The van der Waals surface area contributed by atoms with E-state index in [0.717, 1.165) is 35.8 Å². The van der Waals surface area contributed by atoms with Crippen molar-refractivity contribution >= 4 is 16.6 Å². The molecule has 1 aliphatic rings. The van der Waals surface area contributed by atoms with Crippen LogP contribution in [0.5, 0.6) is 0 Å². The molecule has 1 aliphatic carbocycles. The molecule has 2 aromatic rings. The third-order valence-corrected chi connectivity index (χ3v) is 4.05. The first-order valence-electron chi connectivity index (χ1n) is 7.25. The van der Waals surface area contributed by atoms with Crippen LogP contribution in [0, 0.1) is 5.92 Å². The van der Waals surface area contributed by atoms with Crippen molar-refractivity contribution in [3.8, 4) is 0 Å². The predicted molar refractivity (Wildman–Crippen MR) is 78.8 cm³/mol. The molecule has 20 heavy (non-hydrogen) atoms. The fourth-order valence-electron chi connectivity index (χ4n) is 2.94. The van der Waals surface area contributed by atoms with Gasteiger partial charge in [-0.1, -0.05) is 18.2 Å². The zero-order valence-electron chi connectivity index (χ0n) is 11.7. The molecule has 1 fully saturated rings. The lowest BCUT2D eigenvalue weighted by molar-refractivity contribution is -0.0245. The van der Waals surface area contributed by atoms with Crippen LogP contribution in [0.4, 0.5) is 0 Å². The van der Waals surface area contributed by atoms with Crippen LogP contribution in [0.2, 0.25) is 0 Å². The summed E-state index contributed by atoms with van der Waals surface area (Å²) in [5.41, 5.74) is 0.801. The Labute approximate surface area is 119 Å². The van der Waals surface area contributed by atoms with E-state index in [-0.39, 0.29) is 5.78 Å². The molecule has 104 valence electrons. The first kappa shape index (κ1) is 13.3. The van der Waals surface area contributed by atoms with Gasteiger partial charge in [-0.25, -0.2) is 0 Å². The molecule has 0 amide bonds. The molecule has 0 atom stereocenters. The summed E-state index contributed by atoms with van der Waals surface area (Å²) in [6.45, 7) is 2.78. The maximum Gasteiger partial charge on any atom is 0.163 e. The summed E-state index contributed by atoms with van der Waals surface area (Å²) >= 11 is 0. The van der Waals surface area contributed by atoms with E-state index < -0.39 is 0 Å². The smallest absolute Gasteiger partial charge is 0.163 e. The zero-order chi connectivity index (χ0) is 13.9. The number of nitrogens with zero attached hydrogens (tertiary/aromatic N) is 1. The van der Waals surface area contributed by atoms with Crippen molar-refractivity contribution in [2.24, 2.45) is 5.92 Å². The quantitative estimate of drug-likeness (QED) is 0.778. The summed E-state index contributed by atoms with van der Waals surface area (Å²) in [4.78, 5) is 16.6. The molecule has 1 heterocycles. The molecule has 3 nitrogen and oxygen atoms in total. The number of carbonyl (C=O) groups excluding carboxylic acids is 1. The first-order valence-corrected chi connectivity index (χ1v) is 7.25. The average Bonchev–Trinajstić information content (AvgIpc) is 2.44. The minimum absolute atomic E-state index is 0.226. The van der Waals surface area contributed by atoms with E-state index in [9.17, 15) is 4.79 Å². The van der Waals surface area contributed by atoms with Gasteiger partial charge in [-0.2, -0.15) is 0 Å². The van der Waals surface area contributed by atoms with Crippen molar-refractivity contribution < 1.29 is 9.53 Å². The fraction of sp³-hybridized carbons (Fsp3) is 0.412. The highest BCUT2D eigenvalue weighted by Crippen LogP contribution is 2.34. The molecule has 0 aliphatic heterocycles. The lowest BCUT2D eigenvalue weighted by Gasteiger charge is -2.34. The molecule has 1 aromatic carbocycles. The maximum absolute atomic E-state index is 12.5. The third kappa shape index (κ3) is 2.59. The molecule has 0 unspecified atom stereocenters. The highest BCUT2D eigenvalue weighted by atomic mass is 16.5. The second-order valence-corrected chi connectivity index (χ2v) is 5.44. The van der Waals surface area contributed by atoms with E-state index in [1.54, 1.807) is 12.4 Å². The summed E-state index contributed by atoms with van der Waals surface area (Å²) in [5.74, 6) is 0.703. The second-order valence-electron chi connectivity index (χ2n) is 5.44. The maximum atomic E-state index is 12.5. The van der Waals surface area contributed by atoms with Crippen LogP contribution in [0.1, 0.15) is 36.5 Å². The van der Waals surface area contributed by atoms with Gasteiger partial charge in [0.05, 0.1) is 6.10 Å². The molecule has 1 saturated carbocycles. The number of hydrogen-bond donors (Lipinski definition) is 0. The van der Waals surface area contributed by atoms with Crippen LogP contribution in [-0.2, 0) is 4.74 Å². The van der Waals surface area contributed by atoms with Crippen LogP contribution >= 0.6 is 0 Å². The molecule has 3 heteroatoms. The number of pyridine rings is 1. The number of hydrogen-bond acceptors (Lipinski definition) is 3. The summed E-state index contributed by atoms with van der Waals surface area (Å²) in [5, 5.41) is 2.03. The van der Waals surface area contributed by atoms with Crippen molar-refractivity contribution in [2.75, 3.05) is 6.61 Å². The minimum Gasteiger partial charge on any atom is -0.378 e. The van der Waals surface area contributed by atoms with Gasteiger partial charge in [0.15, 0.2) is 5.78 Å². The highest BCUT2D eigenvalue weighted by molar-refractivity contribution is 6.07. The predicted octanol–water partition coefficient (Wildman–Crippen LogP) is 3.62. The monoisotopic (exact) mass is 269 g/mol. The number of carbonyl (C=O) groups is 1. The Morgan fingerprint density at radius 3 is 3.00 bits per heavy atom. The van der Waals surface area contributed by atoms with Gasteiger partial charge in [-0.05, 0) is 37.1 Å². The number of rotatable bonds is 5. The Balaban J connectivity index is 1.71. The summed E-state index contributed by atoms with van der Waals surface area (Å²) in [6, 6.07) is 7.81. The van der Waals surface area contributed by atoms with Gasteiger partial charge in [0.2, 0.25) is 0 Å². The van der Waals surface area contributed by atoms with Crippen molar-refractivity contribution in [3.63, 3.8) is 0 Å². The fourth-order valence-corrected chi connectivity index (χ4v) is 2.94. The van der Waals surface area contributed by atoms with Crippen molar-refractivity contribution in [2.45, 2.75) is 32.3 Å². The zero-order valence-corrected chi connectivity index (χ0v) is 11.7. The highest BCUT2D eigenvalue weighted by Gasteiger charge is 2.31. The van der Waals surface area contributed by atoms with Gasteiger partial charge in [0.25, 0.3) is 0 Å². The Hall–Kier alpha value is -1.74. The van der Waals surface area contributed by atoms with Crippen LogP contribution in [0.3, 0.4) is 0 Å². The Morgan fingerprint density at radius 2 is 2.20 bits per heavy atom. The molecule has 0 saturated heterocycles. The van der Waals surface area contributed by atoms with Crippen molar-refractivity contribution in [1.82, 2.24) is 4.98 Å². The van der Waals surface area contributed by atoms with Crippen LogP contribution in [-0.4, -0.2) is 23.5 Å². The van der Waals surface area contributed by atoms with Gasteiger partial charge >= 0.3 is 0 Å². The number of ether oxygens (including phenoxy) is 1. The van der Waals surface area contributed by atoms with E-state index in [0.29, 0.717) is 18.4 Å². The van der Waals surface area contributed by atoms with E-state index in [1.807, 2.05) is 31.2 Å². The summed E-state index contributed by atoms with van der Waals surface area (Å²) in [7, 11) is 0. The Kier molecular flexibility index (Phi) is 3.79. The van der Waals surface area contributed by atoms with E-state index in [4.69, 9.17) is 4.74 Å². The Bertz CT molecular complexity index is 612. The van der Waals surface area contributed by atoms with E-state index in [2.05, 4.69) is 4.98 Å². The molecular weight excluding hydrogens is 250 g/mol. The average molecular weight is 269 g/mol. The molecule has 1 aromatic heterocycles. The summed E-state index contributed by atoms with van der Waals surface area (Å²) in [6.07, 6.45) is 6.57. The molecule has 0 N–H and O–H groups in total. The number of fused-ring (bicyclic) bond motifs is 1. The van der Waals surface area contributed by atoms with Crippen LogP contribution in [0.25, 0.3) is 10.8 Å². The van der Waals surface area contributed by atoms with Crippen molar-refractivity contribution in [3.05, 3.63) is 42.2 Å². The summed E-state index contributed by atoms with van der Waals surface area (Å²) < 4.78 is 5.54. The molecule has 0 spiro atoms. The lowest BCUT2D eigenvalue weighted by atomic mass is 9.78. The number of benzene rings is 1.